The summed E-state index contributed by atoms with van der Waals surface area (Å²) in [5.74, 6) is 0.305. The van der Waals surface area contributed by atoms with Crippen LogP contribution in [-0.2, 0) is 4.79 Å². The third kappa shape index (κ3) is 2.49. The van der Waals surface area contributed by atoms with Crippen LogP contribution < -0.4 is 5.32 Å². The van der Waals surface area contributed by atoms with Gasteiger partial charge in [-0.15, -0.1) is 0 Å². The van der Waals surface area contributed by atoms with E-state index >= 15 is 0 Å². The van der Waals surface area contributed by atoms with E-state index in [0.29, 0.717) is 5.82 Å². The number of anilines is 1. The van der Waals surface area contributed by atoms with Crippen LogP contribution >= 0.6 is 0 Å². The Bertz CT molecular complexity index is 766. The second-order valence-corrected chi connectivity index (χ2v) is 4.53. The maximum absolute atomic E-state index is 10.9. The molecule has 0 bridgehead atoms. The van der Waals surface area contributed by atoms with Crippen LogP contribution in [0.4, 0.5) is 5.82 Å². The number of benzene rings is 2. The van der Waals surface area contributed by atoms with E-state index < -0.39 is 0 Å². The van der Waals surface area contributed by atoms with Crippen LogP contribution in [0.2, 0.25) is 0 Å². The third-order valence-electron chi connectivity index (χ3n) is 3.00. The molecular weight excluding hydrogens is 250 g/mol. The molecule has 0 spiro atoms. The molecule has 1 amide bonds. The standard InChI is InChI=1S/C16H13N3O/c1-11(20)19-16-10-17-15(9-18-16)14-7-6-12-4-2-3-5-13(12)8-14/h2-10H,1H3,(H,18,19,20). The van der Waals surface area contributed by atoms with E-state index in [1.54, 1.807) is 12.4 Å². The fraction of sp³-hybridized carbons (Fsp3) is 0.0625. The van der Waals surface area contributed by atoms with Crippen molar-refractivity contribution in [1.82, 2.24) is 9.97 Å². The molecule has 20 heavy (non-hydrogen) atoms. The summed E-state index contributed by atoms with van der Waals surface area (Å²) < 4.78 is 0. The molecule has 0 fully saturated rings. The normalized spacial score (nSPS) is 10.4. The Hall–Kier alpha value is -2.75. The van der Waals surface area contributed by atoms with Crippen LogP contribution in [0.3, 0.4) is 0 Å². The van der Waals surface area contributed by atoms with Gasteiger partial charge in [-0.1, -0.05) is 36.4 Å². The van der Waals surface area contributed by atoms with Crippen LogP contribution in [0.1, 0.15) is 6.92 Å². The Balaban J connectivity index is 1.96. The summed E-state index contributed by atoms with van der Waals surface area (Å²) in [6.07, 6.45) is 3.22. The summed E-state index contributed by atoms with van der Waals surface area (Å²) in [6.45, 7) is 1.44. The maximum Gasteiger partial charge on any atom is 0.222 e. The minimum atomic E-state index is -0.155. The molecule has 0 aliphatic carbocycles. The zero-order valence-electron chi connectivity index (χ0n) is 11.0. The lowest BCUT2D eigenvalue weighted by Gasteiger charge is -2.04. The number of aromatic nitrogens is 2. The Morgan fingerprint density at radius 1 is 1.00 bits per heavy atom. The van der Waals surface area contributed by atoms with E-state index in [4.69, 9.17) is 0 Å². The van der Waals surface area contributed by atoms with Crippen molar-refractivity contribution in [2.75, 3.05) is 5.32 Å². The Labute approximate surface area is 116 Å². The Morgan fingerprint density at radius 2 is 1.80 bits per heavy atom. The van der Waals surface area contributed by atoms with Crippen LogP contribution in [0.15, 0.2) is 54.9 Å². The first-order chi connectivity index (χ1) is 9.72. The quantitative estimate of drug-likeness (QED) is 0.772. The van der Waals surface area contributed by atoms with Crippen molar-refractivity contribution in [1.29, 1.82) is 0 Å². The Kier molecular flexibility index (Phi) is 3.13. The van der Waals surface area contributed by atoms with Gasteiger partial charge in [-0.05, 0) is 16.8 Å². The van der Waals surface area contributed by atoms with E-state index in [1.165, 1.54) is 12.3 Å². The van der Waals surface area contributed by atoms with E-state index in [2.05, 4.69) is 39.6 Å². The van der Waals surface area contributed by atoms with Gasteiger partial charge in [-0.25, -0.2) is 4.98 Å². The molecule has 1 aromatic heterocycles. The topological polar surface area (TPSA) is 54.9 Å². The molecule has 2 aromatic carbocycles. The van der Waals surface area contributed by atoms with Gasteiger partial charge >= 0.3 is 0 Å². The fourth-order valence-corrected chi connectivity index (χ4v) is 2.07. The van der Waals surface area contributed by atoms with E-state index in [9.17, 15) is 4.79 Å². The lowest BCUT2D eigenvalue weighted by atomic mass is 10.1. The zero-order chi connectivity index (χ0) is 13.9. The monoisotopic (exact) mass is 263 g/mol. The first-order valence-electron chi connectivity index (χ1n) is 6.31. The van der Waals surface area contributed by atoms with E-state index in [-0.39, 0.29) is 5.91 Å². The number of nitrogens with zero attached hydrogens (tertiary/aromatic N) is 2. The number of rotatable bonds is 2. The van der Waals surface area contributed by atoms with Gasteiger partial charge in [0.1, 0.15) is 0 Å². The summed E-state index contributed by atoms with van der Waals surface area (Å²) >= 11 is 0. The molecule has 1 heterocycles. The highest BCUT2D eigenvalue weighted by Crippen LogP contribution is 2.22. The summed E-state index contributed by atoms with van der Waals surface area (Å²) in [6, 6.07) is 14.3. The molecule has 0 aliphatic rings. The zero-order valence-corrected chi connectivity index (χ0v) is 11.0. The molecule has 1 N–H and O–H groups in total. The molecule has 3 rings (SSSR count). The van der Waals surface area contributed by atoms with Crippen molar-refractivity contribution >= 4 is 22.5 Å². The van der Waals surface area contributed by atoms with Crippen molar-refractivity contribution in [2.24, 2.45) is 0 Å². The molecule has 3 aromatic rings. The van der Waals surface area contributed by atoms with Crippen molar-refractivity contribution in [2.45, 2.75) is 6.92 Å². The van der Waals surface area contributed by atoms with Crippen LogP contribution in [0.25, 0.3) is 22.0 Å². The van der Waals surface area contributed by atoms with Crippen molar-refractivity contribution in [3.63, 3.8) is 0 Å². The highest BCUT2D eigenvalue weighted by molar-refractivity contribution is 5.88. The molecule has 4 heteroatoms. The highest BCUT2D eigenvalue weighted by Gasteiger charge is 2.03. The predicted molar refractivity (Wildman–Crippen MR) is 79.3 cm³/mol. The van der Waals surface area contributed by atoms with Crippen molar-refractivity contribution in [3.8, 4) is 11.3 Å². The van der Waals surface area contributed by atoms with E-state index in [1.807, 2.05) is 18.2 Å². The van der Waals surface area contributed by atoms with Crippen LogP contribution in [0.5, 0.6) is 0 Å². The lowest BCUT2D eigenvalue weighted by molar-refractivity contribution is -0.114. The minimum Gasteiger partial charge on any atom is -0.310 e. The van der Waals surface area contributed by atoms with Crippen LogP contribution in [0, 0.1) is 0 Å². The molecule has 98 valence electrons. The summed E-state index contributed by atoms with van der Waals surface area (Å²) in [4.78, 5) is 19.4. The van der Waals surface area contributed by atoms with Gasteiger partial charge < -0.3 is 5.32 Å². The number of hydrogen-bond donors (Lipinski definition) is 1. The maximum atomic E-state index is 10.9. The molecule has 0 saturated heterocycles. The first-order valence-corrected chi connectivity index (χ1v) is 6.31. The third-order valence-corrected chi connectivity index (χ3v) is 3.00. The van der Waals surface area contributed by atoms with Gasteiger partial charge in [0, 0.05) is 12.5 Å². The first kappa shape index (κ1) is 12.3. The fourth-order valence-electron chi connectivity index (χ4n) is 2.07. The molecule has 0 saturated carbocycles. The number of nitrogens with one attached hydrogen (secondary N) is 1. The van der Waals surface area contributed by atoms with E-state index in [0.717, 1.165) is 16.6 Å². The van der Waals surface area contributed by atoms with Crippen molar-refractivity contribution < 1.29 is 4.79 Å². The summed E-state index contributed by atoms with van der Waals surface area (Å²) in [7, 11) is 0. The smallest absolute Gasteiger partial charge is 0.222 e. The molecule has 4 nitrogen and oxygen atoms in total. The van der Waals surface area contributed by atoms with Gasteiger partial charge in [0.05, 0.1) is 18.1 Å². The molecule has 0 atom stereocenters. The predicted octanol–water partition coefficient (Wildman–Crippen LogP) is 3.26. The average Bonchev–Trinajstić information content (AvgIpc) is 2.47. The Morgan fingerprint density at radius 3 is 2.50 bits per heavy atom. The lowest BCUT2D eigenvalue weighted by Crippen LogP contribution is -2.07. The number of hydrogen-bond acceptors (Lipinski definition) is 3. The summed E-state index contributed by atoms with van der Waals surface area (Å²) in [5, 5.41) is 4.96. The van der Waals surface area contributed by atoms with Crippen molar-refractivity contribution in [3.05, 3.63) is 54.9 Å². The molecule has 0 unspecified atom stereocenters. The minimum absolute atomic E-state index is 0.155. The number of carbonyl (C=O) groups is 1. The van der Waals surface area contributed by atoms with Gasteiger partial charge in [-0.2, -0.15) is 0 Å². The number of amides is 1. The van der Waals surface area contributed by atoms with Gasteiger partial charge in [0.15, 0.2) is 5.82 Å². The van der Waals surface area contributed by atoms with Gasteiger partial charge in [-0.3, -0.25) is 9.78 Å². The SMILES string of the molecule is CC(=O)Nc1cnc(-c2ccc3ccccc3c2)cn1. The largest absolute Gasteiger partial charge is 0.310 e. The molecule has 0 aliphatic heterocycles. The number of fused-ring (bicyclic) bond motifs is 1. The van der Waals surface area contributed by atoms with Gasteiger partial charge in [0.25, 0.3) is 0 Å². The highest BCUT2D eigenvalue weighted by atomic mass is 16.1. The molecular formula is C16H13N3O. The van der Waals surface area contributed by atoms with Gasteiger partial charge in [0.2, 0.25) is 5.91 Å². The summed E-state index contributed by atoms with van der Waals surface area (Å²) in [5.41, 5.74) is 1.79. The molecule has 0 radical (unpaired) electrons. The average molecular weight is 263 g/mol. The second-order valence-electron chi connectivity index (χ2n) is 4.53. The number of carbonyl (C=O) groups excluding carboxylic acids is 1. The van der Waals surface area contributed by atoms with Crippen LogP contribution in [-0.4, -0.2) is 15.9 Å². The second kappa shape index (κ2) is 5.09.